The van der Waals surface area contributed by atoms with E-state index in [1.807, 2.05) is 6.07 Å². The first kappa shape index (κ1) is 21.2. The molecule has 0 saturated heterocycles. The van der Waals surface area contributed by atoms with Crippen LogP contribution < -0.4 is 0 Å². The lowest BCUT2D eigenvalue weighted by Gasteiger charge is -2.23. The number of rotatable bonds is 10. The summed E-state index contributed by atoms with van der Waals surface area (Å²) in [5.74, 6) is -1.08. The van der Waals surface area contributed by atoms with E-state index in [1.54, 1.807) is 7.11 Å². The van der Waals surface area contributed by atoms with Crippen LogP contribution in [0.4, 0.5) is 8.78 Å². The summed E-state index contributed by atoms with van der Waals surface area (Å²) in [5.41, 5.74) is 4.30. The van der Waals surface area contributed by atoms with Crippen LogP contribution in [0.3, 0.4) is 0 Å². The summed E-state index contributed by atoms with van der Waals surface area (Å²) in [6, 6.07) is 16.3. The first-order valence-corrected chi connectivity index (χ1v) is 9.89. The summed E-state index contributed by atoms with van der Waals surface area (Å²) < 4.78 is 34.6. The third kappa shape index (κ3) is 6.51. The molecule has 2 aromatic carbocycles. The Labute approximate surface area is 171 Å². The van der Waals surface area contributed by atoms with Gasteiger partial charge in [0.15, 0.2) is 0 Å². The summed E-state index contributed by atoms with van der Waals surface area (Å²) in [5, 5.41) is 0. The highest BCUT2D eigenvalue weighted by molar-refractivity contribution is 5.23. The van der Waals surface area contributed by atoms with Gasteiger partial charge >= 0.3 is 0 Å². The fourth-order valence-electron chi connectivity index (χ4n) is 3.59. The van der Waals surface area contributed by atoms with Crippen molar-refractivity contribution in [3.8, 4) is 0 Å². The molecular weight excluding hydrogens is 370 g/mol. The van der Waals surface area contributed by atoms with Crippen LogP contribution in [0.5, 0.6) is 0 Å². The van der Waals surface area contributed by atoms with E-state index in [-0.39, 0.29) is 0 Å². The van der Waals surface area contributed by atoms with Gasteiger partial charge in [-0.05, 0) is 48.7 Å². The molecule has 3 nitrogen and oxygen atoms in total. The number of hydrogen-bond acceptors (Lipinski definition) is 2. The van der Waals surface area contributed by atoms with Crippen molar-refractivity contribution < 1.29 is 13.5 Å². The maximum atomic E-state index is 13.6. The molecule has 0 aliphatic carbocycles. The zero-order chi connectivity index (χ0) is 20.6. The van der Waals surface area contributed by atoms with E-state index in [0.29, 0.717) is 25.3 Å². The number of halogens is 2. The normalized spacial score (nSPS) is 11.3. The van der Waals surface area contributed by atoms with Crippen molar-refractivity contribution in [3.63, 3.8) is 0 Å². The predicted molar refractivity (Wildman–Crippen MR) is 112 cm³/mol. The fourth-order valence-corrected chi connectivity index (χ4v) is 3.59. The number of hydrogen-bond donors (Lipinski definition) is 0. The molecule has 0 atom stereocenters. The van der Waals surface area contributed by atoms with Crippen LogP contribution in [0.1, 0.15) is 28.8 Å². The Bertz CT molecular complexity index is 902. The second-order valence-electron chi connectivity index (χ2n) is 7.45. The standard InChI is InChI=1S/C24H28F2N2O/c1-19-6-3-7-20(12-19)17-28-10-4-8-24(28)18-27(9-5-11-29-2)16-21-13-22(25)15-23(26)14-21/h3-4,6-8,10,12-15H,5,9,11,16-18H2,1-2H3. The molecule has 5 heteroatoms. The maximum Gasteiger partial charge on any atom is 0.126 e. The number of aromatic nitrogens is 1. The molecule has 3 aromatic rings. The van der Waals surface area contributed by atoms with Crippen molar-refractivity contribution in [3.05, 3.63) is 94.8 Å². The summed E-state index contributed by atoms with van der Waals surface area (Å²) in [6.07, 6.45) is 2.93. The number of benzene rings is 2. The molecule has 0 spiro atoms. The maximum absolute atomic E-state index is 13.6. The van der Waals surface area contributed by atoms with Gasteiger partial charge in [0, 0.05) is 57.9 Å². The van der Waals surface area contributed by atoms with E-state index in [4.69, 9.17) is 4.74 Å². The zero-order valence-electron chi connectivity index (χ0n) is 17.1. The zero-order valence-corrected chi connectivity index (χ0v) is 17.1. The minimum atomic E-state index is -0.542. The molecule has 29 heavy (non-hydrogen) atoms. The summed E-state index contributed by atoms with van der Waals surface area (Å²) in [4.78, 5) is 2.20. The van der Waals surface area contributed by atoms with Gasteiger partial charge in [-0.25, -0.2) is 8.78 Å². The molecule has 0 fully saturated rings. The number of ether oxygens (including phenoxy) is 1. The predicted octanol–water partition coefficient (Wildman–Crippen LogP) is 5.16. The smallest absolute Gasteiger partial charge is 0.126 e. The lowest BCUT2D eigenvalue weighted by Crippen LogP contribution is -2.26. The lowest BCUT2D eigenvalue weighted by atomic mass is 10.1. The minimum Gasteiger partial charge on any atom is -0.385 e. The van der Waals surface area contributed by atoms with E-state index < -0.39 is 11.6 Å². The molecule has 1 aromatic heterocycles. The SMILES string of the molecule is COCCCN(Cc1cc(F)cc(F)c1)Cc1cccn1Cc1cccc(C)c1. The molecule has 0 radical (unpaired) electrons. The van der Waals surface area contributed by atoms with E-state index in [1.165, 1.54) is 29.0 Å². The molecule has 3 rings (SSSR count). The highest BCUT2D eigenvalue weighted by atomic mass is 19.1. The largest absolute Gasteiger partial charge is 0.385 e. The van der Waals surface area contributed by atoms with Gasteiger partial charge < -0.3 is 9.30 Å². The van der Waals surface area contributed by atoms with Crippen LogP contribution in [0.2, 0.25) is 0 Å². The molecule has 0 unspecified atom stereocenters. The van der Waals surface area contributed by atoms with Crippen molar-refractivity contribution in [1.82, 2.24) is 9.47 Å². The Morgan fingerprint density at radius 1 is 0.931 bits per heavy atom. The minimum absolute atomic E-state index is 0.480. The number of methoxy groups -OCH3 is 1. The Kier molecular flexibility index (Phi) is 7.55. The molecule has 0 bridgehead atoms. The van der Waals surface area contributed by atoms with Crippen molar-refractivity contribution >= 4 is 0 Å². The molecule has 1 heterocycles. The average molecular weight is 398 g/mol. The van der Waals surface area contributed by atoms with Gasteiger partial charge in [0.25, 0.3) is 0 Å². The van der Waals surface area contributed by atoms with Crippen LogP contribution in [-0.2, 0) is 24.4 Å². The second kappa shape index (κ2) is 10.3. The highest BCUT2D eigenvalue weighted by Gasteiger charge is 2.12. The van der Waals surface area contributed by atoms with Gasteiger partial charge in [-0.1, -0.05) is 29.8 Å². The Morgan fingerprint density at radius 2 is 1.72 bits per heavy atom. The van der Waals surface area contributed by atoms with Crippen molar-refractivity contribution in [2.75, 3.05) is 20.3 Å². The quantitative estimate of drug-likeness (QED) is 0.439. The summed E-state index contributed by atoms with van der Waals surface area (Å²) in [6.45, 7) is 5.49. The van der Waals surface area contributed by atoms with Crippen molar-refractivity contribution in [2.45, 2.75) is 33.0 Å². The Balaban J connectivity index is 1.74. The summed E-state index contributed by atoms with van der Waals surface area (Å²) in [7, 11) is 1.68. The topological polar surface area (TPSA) is 17.4 Å². The van der Waals surface area contributed by atoms with Crippen LogP contribution in [0, 0.1) is 18.6 Å². The third-order valence-corrected chi connectivity index (χ3v) is 4.90. The average Bonchev–Trinajstić information content (AvgIpc) is 3.07. The molecule has 0 saturated carbocycles. The molecule has 0 aliphatic heterocycles. The van der Waals surface area contributed by atoms with E-state index in [0.717, 1.165) is 25.6 Å². The first-order valence-electron chi connectivity index (χ1n) is 9.89. The van der Waals surface area contributed by atoms with E-state index >= 15 is 0 Å². The van der Waals surface area contributed by atoms with Gasteiger partial charge in [0.05, 0.1) is 0 Å². The molecular formula is C24H28F2N2O. The first-order chi connectivity index (χ1) is 14.0. The van der Waals surface area contributed by atoms with Gasteiger partial charge in [0.1, 0.15) is 11.6 Å². The van der Waals surface area contributed by atoms with Gasteiger partial charge in [-0.2, -0.15) is 0 Å². The molecule has 0 aliphatic rings. The van der Waals surface area contributed by atoms with Crippen LogP contribution in [-0.4, -0.2) is 29.7 Å². The van der Waals surface area contributed by atoms with Crippen molar-refractivity contribution in [2.24, 2.45) is 0 Å². The fraction of sp³-hybridized carbons (Fsp3) is 0.333. The van der Waals surface area contributed by atoms with Crippen LogP contribution >= 0.6 is 0 Å². The second-order valence-corrected chi connectivity index (χ2v) is 7.45. The monoisotopic (exact) mass is 398 g/mol. The summed E-state index contributed by atoms with van der Waals surface area (Å²) >= 11 is 0. The Morgan fingerprint density at radius 3 is 2.45 bits per heavy atom. The van der Waals surface area contributed by atoms with E-state index in [9.17, 15) is 8.78 Å². The third-order valence-electron chi connectivity index (χ3n) is 4.90. The lowest BCUT2D eigenvalue weighted by molar-refractivity contribution is 0.165. The van der Waals surface area contributed by atoms with E-state index in [2.05, 4.69) is 52.9 Å². The highest BCUT2D eigenvalue weighted by Crippen LogP contribution is 2.16. The van der Waals surface area contributed by atoms with Crippen LogP contribution in [0.25, 0.3) is 0 Å². The number of nitrogens with zero attached hydrogens (tertiary/aromatic N) is 2. The molecule has 0 N–H and O–H groups in total. The van der Waals surface area contributed by atoms with Crippen molar-refractivity contribution in [1.29, 1.82) is 0 Å². The Hall–Kier alpha value is -2.50. The van der Waals surface area contributed by atoms with Gasteiger partial charge in [0.2, 0.25) is 0 Å². The van der Waals surface area contributed by atoms with Crippen LogP contribution in [0.15, 0.2) is 60.8 Å². The van der Waals surface area contributed by atoms with Gasteiger partial charge in [-0.15, -0.1) is 0 Å². The van der Waals surface area contributed by atoms with Gasteiger partial charge in [-0.3, -0.25) is 4.90 Å². The molecule has 0 amide bonds. The molecule has 154 valence electrons. The number of aryl methyl sites for hydroxylation is 1.